The Balaban J connectivity index is 1.32. The zero-order valence-electron chi connectivity index (χ0n) is 15.1. The molecule has 2 fully saturated rings. The molecule has 2 amide bonds. The monoisotopic (exact) mass is 388 g/mol. The average molecular weight is 388 g/mol. The van der Waals surface area contributed by atoms with Crippen LogP contribution in [0, 0.1) is 0 Å². The van der Waals surface area contributed by atoms with E-state index in [1.165, 1.54) is 0 Å². The molecule has 1 aromatic heterocycles. The first-order valence-electron chi connectivity index (χ1n) is 9.36. The van der Waals surface area contributed by atoms with Gasteiger partial charge in [0, 0.05) is 36.8 Å². The third kappa shape index (κ3) is 4.22. The van der Waals surface area contributed by atoms with Gasteiger partial charge < -0.3 is 15.5 Å². The predicted molar refractivity (Wildman–Crippen MR) is 106 cm³/mol. The first kappa shape index (κ1) is 18.2. The summed E-state index contributed by atoms with van der Waals surface area (Å²) >= 11 is 0. The van der Waals surface area contributed by atoms with Crippen molar-refractivity contribution in [2.45, 2.75) is 31.3 Å². The van der Waals surface area contributed by atoms with Gasteiger partial charge in [-0.15, -0.1) is 0 Å². The van der Waals surface area contributed by atoms with Gasteiger partial charge in [0.05, 0.1) is 22.7 Å². The molecule has 1 unspecified atom stereocenters. The quantitative estimate of drug-likeness (QED) is 0.839. The molecular weight excluding hydrogens is 364 g/mol. The van der Waals surface area contributed by atoms with Crippen LogP contribution in [0.4, 0.5) is 10.5 Å². The SMILES string of the molecule is O=C(Nc1cccc2cccnc12)N1CCC(NC2CCS(=O)(=O)C2)CC1. The molecule has 7 nitrogen and oxygen atoms in total. The van der Waals surface area contributed by atoms with Crippen LogP contribution < -0.4 is 10.6 Å². The van der Waals surface area contributed by atoms with Crippen molar-refractivity contribution in [1.82, 2.24) is 15.2 Å². The minimum absolute atomic E-state index is 0.0575. The molecule has 2 aliphatic heterocycles. The second kappa shape index (κ2) is 7.44. The van der Waals surface area contributed by atoms with E-state index in [4.69, 9.17) is 0 Å². The first-order chi connectivity index (χ1) is 13.0. The van der Waals surface area contributed by atoms with Gasteiger partial charge in [0.2, 0.25) is 0 Å². The number of piperidine rings is 1. The summed E-state index contributed by atoms with van der Waals surface area (Å²) in [5.41, 5.74) is 1.50. The van der Waals surface area contributed by atoms with Gasteiger partial charge in [-0.3, -0.25) is 4.98 Å². The molecule has 4 rings (SSSR count). The highest BCUT2D eigenvalue weighted by Gasteiger charge is 2.31. The fourth-order valence-corrected chi connectivity index (χ4v) is 5.59. The number of carbonyl (C=O) groups excluding carboxylic acids is 1. The molecule has 8 heteroatoms. The van der Waals surface area contributed by atoms with Gasteiger partial charge in [-0.25, -0.2) is 13.2 Å². The van der Waals surface area contributed by atoms with Gasteiger partial charge in [0.25, 0.3) is 0 Å². The smallest absolute Gasteiger partial charge is 0.321 e. The van der Waals surface area contributed by atoms with Crippen molar-refractivity contribution in [3.63, 3.8) is 0 Å². The van der Waals surface area contributed by atoms with Gasteiger partial charge in [-0.05, 0) is 31.4 Å². The van der Waals surface area contributed by atoms with E-state index in [-0.39, 0.29) is 29.6 Å². The maximum Gasteiger partial charge on any atom is 0.321 e. The number of anilines is 1. The van der Waals surface area contributed by atoms with E-state index in [1.807, 2.05) is 35.2 Å². The molecule has 0 bridgehead atoms. The van der Waals surface area contributed by atoms with Crippen LogP contribution in [-0.2, 0) is 9.84 Å². The summed E-state index contributed by atoms with van der Waals surface area (Å²) < 4.78 is 23.2. The number of sulfone groups is 1. The van der Waals surface area contributed by atoms with Crippen LogP contribution >= 0.6 is 0 Å². The highest BCUT2D eigenvalue weighted by molar-refractivity contribution is 7.91. The van der Waals surface area contributed by atoms with E-state index in [2.05, 4.69) is 15.6 Å². The zero-order chi connectivity index (χ0) is 18.9. The van der Waals surface area contributed by atoms with Gasteiger partial charge in [0.15, 0.2) is 9.84 Å². The van der Waals surface area contributed by atoms with Crippen LogP contribution in [0.5, 0.6) is 0 Å². The van der Waals surface area contributed by atoms with E-state index in [0.29, 0.717) is 19.5 Å². The Morgan fingerprint density at radius 3 is 2.59 bits per heavy atom. The third-order valence-corrected chi connectivity index (χ3v) is 7.13. The fraction of sp³-hybridized carbons (Fsp3) is 0.474. The number of pyridine rings is 1. The fourth-order valence-electron chi connectivity index (χ4n) is 3.91. The lowest BCUT2D eigenvalue weighted by atomic mass is 10.0. The zero-order valence-corrected chi connectivity index (χ0v) is 15.9. The minimum atomic E-state index is -2.87. The van der Waals surface area contributed by atoms with E-state index in [0.717, 1.165) is 29.4 Å². The maximum atomic E-state index is 12.6. The van der Waals surface area contributed by atoms with Crippen molar-refractivity contribution in [2.24, 2.45) is 0 Å². The second-order valence-electron chi connectivity index (χ2n) is 7.34. The number of rotatable bonds is 3. The number of nitrogens with zero attached hydrogens (tertiary/aromatic N) is 2. The minimum Gasteiger partial charge on any atom is -0.324 e. The molecule has 0 spiro atoms. The predicted octanol–water partition coefficient (Wildman–Crippen LogP) is 2.01. The molecule has 27 heavy (non-hydrogen) atoms. The Morgan fingerprint density at radius 2 is 1.85 bits per heavy atom. The van der Waals surface area contributed by atoms with Gasteiger partial charge in [0.1, 0.15) is 0 Å². The standard InChI is InChI=1S/C19H24N4O3S/c24-19(22-17-5-1-3-14-4-2-9-20-18(14)17)23-10-6-15(7-11-23)21-16-8-12-27(25,26)13-16/h1-5,9,15-16,21H,6-8,10-13H2,(H,22,24). The van der Waals surface area contributed by atoms with Crippen LogP contribution in [0.2, 0.25) is 0 Å². The van der Waals surface area contributed by atoms with Crippen molar-refractivity contribution in [2.75, 3.05) is 29.9 Å². The molecule has 2 N–H and O–H groups in total. The summed E-state index contributed by atoms with van der Waals surface area (Å²) in [6.45, 7) is 1.31. The molecule has 2 aliphatic rings. The number of amides is 2. The summed E-state index contributed by atoms with van der Waals surface area (Å²) in [5.74, 6) is 0.521. The number of nitrogens with one attached hydrogen (secondary N) is 2. The maximum absolute atomic E-state index is 12.6. The van der Waals surface area contributed by atoms with Gasteiger partial charge in [-0.1, -0.05) is 18.2 Å². The lowest BCUT2D eigenvalue weighted by Gasteiger charge is -2.33. The number of aromatic nitrogens is 1. The Morgan fingerprint density at radius 1 is 1.07 bits per heavy atom. The number of para-hydroxylation sites is 1. The van der Waals surface area contributed by atoms with Crippen molar-refractivity contribution in [3.8, 4) is 0 Å². The van der Waals surface area contributed by atoms with Crippen LogP contribution in [0.3, 0.4) is 0 Å². The third-order valence-electron chi connectivity index (χ3n) is 5.36. The molecule has 0 aliphatic carbocycles. The van der Waals surface area contributed by atoms with E-state index in [1.54, 1.807) is 6.20 Å². The van der Waals surface area contributed by atoms with E-state index < -0.39 is 9.84 Å². The van der Waals surface area contributed by atoms with Gasteiger partial charge >= 0.3 is 6.03 Å². The summed E-state index contributed by atoms with van der Waals surface area (Å²) in [7, 11) is -2.87. The lowest BCUT2D eigenvalue weighted by Crippen LogP contribution is -2.49. The average Bonchev–Trinajstić information content (AvgIpc) is 3.01. The summed E-state index contributed by atoms with van der Waals surface area (Å²) in [4.78, 5) is 18.8. The summed E-state index contributed by atoms with van der Waals surface area (Å²) in [6.07, 6.45) is 4.07. The van der Waals surface area contributed by atoms with Gasteiger partial charge in [-0.2, -0.15) is 0 Å². The lowest BCUT2D eigenvalue weighted by molar-refractivity contribution is 0.187. The number of urea groups is 1. The number of fused-ring (bicyclic) bond motifs is 1. The van der Waals surface area contributed by atoms with Crippen LogP contribution in [-0.4, -0.2) is 61.0 Å². The number of benzene rings is 1. The first-order valence-corrected chi connectivity index (χ1v) is 11.2. The Labute approximate surface area is 159 Å². The molecular formula is C19H24N4O3S. The Bertz CT molecular complexity index is 934. The molecule has 0 radical (unpaired) electrons. The number of hydrogen-bond donors (Lipinski definition) is 2. The Kier molecular flexibility index (Phi) is 5.01. The van der Waals surface area contributed by atoms with Crippen LogP contribution in [0.1, 0.15) is 19.3 Å². The van der Waals surface area contributed by atoms with Crippen LogP contribution in [0.15, 0.2) is 36.5 Å². The molecule has 144 valence electrons. The normalized spacial score (nSPS) is 22.8. The topological polar surface area (TPSA) is 91.4 Å². The van der Waals surface area contributed by atoms with Crippen molar-refractivity contribution in [3.05, 3.63) is 36.5 Å². The molecule has 1 aromatic carbocycles. The van der Waals surface area contributed by atoms with E-state index in [9.17, 15) is 13.2 Å². The van der Waals surface area contributed by atoms with Crippen LogP contribution in [0.25, 0.3) is 10.9 Å². The highest BCUT2D eigenvalue weighted by atomic mass is 32.2. The Hall–Kier alpha value is -2.19. The molecule has 3 heterocycles. The molecule has 2 saturated heterocycles. The van der Waals surface area contributed by atoms with E-state index >= 15 is 0 Å². The van der Waals surface area contributed by atoms with Crippen molar-refractivity contribution in [1.29, 1.82) is 0 Å². The number of likely N-dealkylation sites (tertiary alicyclic amines) is 1. The number of carbonyl (C=O) groups is 1. The van der Waals surface area contributed by atoms with Crippen molar-refractivity contribution >= 4 is 32.5 Å². The molecule has 0 saturated carbocycles. The number of hydrogen-bond acceptors (Lipinski definition) is 5. The summed E-state index contributed by atoms with van der Waals surface area (Å²) in [6, 6.07) is 9.80. The highest BCUT2D eigenvalue weighted by Crippen LogP contribution is 2.22. The molecule has 2 aromatic rings. The van der Waals surface area contributed by atoms with Crippen molar-refractivity contribution < 1.29 is 13.2 Å². The largest absolute Gasteiger partial charge is 0.324 e. The molecule has 1 atom stereocenters. The second-order valence-corrected chi connectivity index (χ2v) is 9.57. The summed E-state index contributed by atoms with van der Waals surface area (Å²) in [5, 5.41) is 7.43.